The summed E-state index contributed by atoms with van der Waals surface area (Å²) < 4.78 is 29.6. The van der Waals surface area contributed by atoms with Crippen LogP contribution >= 0.6 is 12.4 Å². The molecule has 8 heteroatoms. The molecule has 0 unspecified atom stereocenters. The molecule has 1 N–H and O–H groups in total. The third kappa shape index (κ3) is 3.86. The number of carbonyl (C=O) groups is 1. The molecule has 27 heavy (non-hydrogen) atoms. The Morgan fingerprint density at radius 2 is 1.89 bits per heavy atom. The summed E-state index contributed by atoms with van der Waals surface area (Å²) in [5.41, 5.74) is 1.75. The molecule has 6 nitrogen and oxygen atoms in total. The van der Waals surface area contributed by atoms with E-state index in [4.69, 9.17) is 4.42 Å². The van der Waals surface area contributed by atoms with Gasteiger partial charge in [0.15, 0.2) is 14.6 Å². The average molecular weight is 415 g/mol. The minimum Gasteiger partial charge on any atom is -0.461 e. The molecule has 0 bridgehead atoms. The van der Waals surface area contributed by atoms with Crippen LogP contribution < -0.4 is 5.32 Å². The fourth-order valence-electron chi connectivity index (χ4n) is 3.84. The number of hydrogen-bond acceptors (Lipinski definition) is 5. The number of halogens is 1. The van der Waals surface area contributed by atoms with Crippen LogP contribution in [-0.2, 0) is 27.6 Å². The lowest BCUT2D eigenvalue weighted by Gasteiger charge is -2.37. The Morgan fingerprint density at radius 3 is 2.48 bits per heavy atom. The van der Waals surface area contributed by atoms with Gasteiger partial charge in [-0.05, 0) is 32.0 Å². The monoisotopic (exact) mass is 414 g/mol. The Balaban J connectivity index is 0.00000261. The number of benzene rings is 1. The van der Waals surface area contributed by atoms with Crippen molar-refractivity contribution in [1.82, 2.24) is 10.2 Å². The zero-order chi connectivity index (χ0) is 18.9. The van der Waals surface area contributed by atoms with Crippen molar-refractivity contribution in [2.24, 2.45) is 0 Å². The molecule has 0 radical (unpaired) electrons. The van der Waals surface area contributed by atoms with Gasteiger partial charge in [0.25, 0.3) is 0 Å². The van der Waals surface area contributed by atoms with Crippen molar-refractivity contribution >= 4 is 39.1 Å². The van der Waals surface area contributed by atoms with Crippen LogP contribution in [-0.4, -0.2) is 50.4 Å². The van der Waals surface area contributed by atoms with Crippen LogP contribution in [0, 0.1) is 0 Å². The largest absolute Gasteiger partial charge is 0.461 e. The molecule has 1 aromatic carbocycles. The third-order valence-electron chi connectivity index (χ3n) is 5.36. The highest BCUT2D eigenvalue weighted by atomic mass is 35.5. The average Bonchev–Trinajstić information content (AvgIpc) is 2.98. The number of nitrogens with zero attached hydrogens (tertiary/aromatic N) is 1. The highest BCUT2D eigenvalue weighted by Crippen LogP contribution is 2.32. The first kappa shape index (κ1) is 21.7. The van der Waals surface area contributed by atoms with Gasteiger partial charge in [-0.1, -0.05) is 25.1 Å². The zero-order valence-corrected chi connectivity index (χ0v) is 17.6. The van der Waals surface area contributed by atoms with Gasteiger partial charge in [-0.3, -0.25) is 4.79 Å². The Labute approximate surface area is 166 Å². The molecule has 0 spiro atoms. The fraction of sp³-hybridized carbons (Fsp3) is 0.526. The van der Waals surface area contributed by atoms with Gasteiger partial charge < -0.3 is 14.6 Å². The first-order chi connectivity index (χ1) is 12.3. The summed E-state index contributed by atoms with van der Waals surface area (Å²) in [7, 11) is -1.84. The lowest BCUT2D eigenvalue weighted by molar-refractivity contribution is -0.134. The van der Waals surface area contributed by atoms with Gasteiger partial charge in [0, 0.05) is 37.2 Å². The molecule has 1 amide bonds. The van der Waals surface area contributed by atoms with E-state index in [1.54, 1.807) is 11.9 Å². The van der Waals surface area contributed by atoms with Gasteiger partial charge in [-0.2, -0.15) is 0 Å². The van der Waals surface area contributed by atoms with Crippen LogP contribution in [0.2, 0.25) is 0 Å². The minimum absolute atomic E-state index is 0. The maximum atomic E-state index is 13.2. The highest BCUT2D eigenvalue weighted by Gasteiger charge is 2.50. The molecule has 0 aliphatic carbocycles. The lowest BCUT2D eigenvalue weighted by atomic mass is 9.95. The van der Waals surface area contributed by atoms with Gasteiger partial charge in [-0.15, -0.1) is 12.4 Å². The summed E-state index contributed by atoms with van der Waals surface area (Å²) in [5, 5.41) is 4.12. The van der Waals surface area contributed by atoms with Gasteiger partial charge in [0.2, 0.25) is 5.91 Å². The molecular formula is C19H27ClN2O4S. The highest BCUT2D eigenvalue weighted by molar-refractivity contribution is 7.92. The van der Waals surface area contributed by atoms with Crippen molar-refractivity contribution in [3.8, 4) is 0 Å². The lowest BCUT2D eigenvalue weighted by Crippen LogP contribution is -2.57. The Morgan fingerprint density at radius 1 is 1.26 bits per heavy atom. The number of piperidine rings is 1. The summed E-state index contributed by atoms with van der Waals surface area (Å²) in [6.45, 7) is 3.40. The second kappa shape index (κ2) is 8.20. The number of amides is 1. The molecule has 3 rings (SSSR count). The topological polar surface area (TPSA) is 79.6 Å². The number of fused-ring (bicyclic) bond motifs is 1. The Kier molecular flexibility index (Phi) is 6.60. The van der Waals surface area contributed by atoms with E-state index in [9.17, 15) is 13.2 Å². The predicted molar refractivity (Wildman–Crippen MR) is 109 cm³/mol. The number of para-hydroxylation sites is 1. The summed E-state index contributed by atoms with van der Waals surface area (Å²) in [6.07, 6.45) is 2.51. The van der Waals surface area contributed by atoms with Crippen molar-refractivity contribution in [1.29, 1.82) is 0 Å². The fourth-order valence-corrected chi connectivity index (χ4v) is 5.26. The summed E-state index contributed by atoms with van der Waals surface area (Å²) in [4.78, 5) is 14.8. The summed E-state index contributed by atoms with van der Waals surface area (Å²) in [5.74, 6) is 0.512. The number of carbonyl (C=O) groups excluding carboxylic acids is 1. The van der Waals surface area contributed by atoms with Gasteiger partial charge in [0.1, 0.15) is 11.3 Å². The molecular weight excluding hydrogens is 388 g/mol. The number of aryl methyl sites for hydroxylation is 1. The number of furan rings is 1. The second-order valence-electron chi connectivity index (χ2n) is 7.03. The predicted octanol–water partition coefficient (Wildman–Crippen LogP) is 2.54. The van der Waals surface area contributed by atoms with E-state index in [1.165, 1.54) is 6.26 Å². The van der Waals surface area contributed by atoms with E-state index in [0.29, 0.717) is 38.9 Å². The molecule has 1 aliphatic rings. The molecule has 0 atom stereocenters. The van der Waals surface area contributed by atoms with Crippen LogP contribution in [0.5, 0.6) is 0 Å². The first-order valence-electron chi connectivity index (χ1n) is 8.95. The molecule has 2 aromatic rings. The molecule has 0 saturated carbocycles. The number of rotatable bonds is 5. The van der Waals surface area contributed by atoms with Crippen LogP contribution in [0.25, 0.3) is 11.0 Å². The maximum Gasteiger partial charge on any atom is 0.244 e. The van der Waals surface area contributed by atoms with Crippen molar-refractivity contribution in [3.63, 3.8) is 0 Å². The van der Waals surface area contributed by atoms with Gasteiger partial charge in [0.05, 0.1) is 0 Å². The van der Waals surface area contributed by atoms with Crippen molar-refractivity contribution in [2.75, 3.05) is 26.4 Å². The van der Waals surface area contributed by atoms with E-state index in [-0.39, 0.29) is 18.3 Å². The number of nitrogens with one attached hydrogen (secondary N) is 1. The molecule has 1 aromatic heterocycles. The standard InChI is InChI=1S/C19H26N2O4S.ClH/c1-4-16-15(14-7-5-6-8-17(14)25-16)13-21(2)18(22)19(26(3,23)24)9-11-20-12-10-19;/h5-8,20H,4,9-13H2,1-3H3;1H. The van der Waals surface area contributed by atoms with Gasteiger partial charge in [-0.25, -0.2) is 8.42 Å². The normalized spacial score (nSPS) is 16.7. The molecule has 150 valence electrons. The zero-order valence-electron chi connectivity index (χ0n) is 15.9. The summed E-state index contributed by atoms with van der Waals surface area (Å²) in [6, 6.07) is 7.73. The quantitative estimate of drug-likeness (QED) is 0.813. The third-order valence-corrected chi connectivity index (χ3v) is 7.36. The second-order valence-corrected chi connectivity index (χ2v) is 9.36. The number of hydrogen-bond donors (Lipinski definition) is 1. The maximum absolute atomic E-state index is 13.2. The van der Waals surface area contributed by atoms with Crippen LogP contribution in [0.1, 0.15) is 31.1 Å². The van der Waals surface area contributed by atoms with Gasteiger partial charge >= 0.3 is 0 Å². The van der Waals surface area contributed by atoms with Crippen molar-refractivity contribution in [2.45, 2.75) is 37.5 Å². The molecule has 1 saturated heterocycles. The van der Waals surface area contributed by atoms with E-state index >= 15 is 0 Å². The molecule has 2 heterocycles. The Bertz CT molecular complexity index is 917. The molecule has 1 aliphatic heterocycles. The number of sulfone groups is 1. The minimum atomic E-state index is -3.52. The molecule has 1 fully saturated rings. The summed E-state index contributed by atoms with van der Waals surface area (Å²) >= 11 is 0. The Hall–Kier alpha value is -1.57. The van der Waals surface area contributed by atoms with Crippen molar-refractivity contribution in [3.05, 3.63) is 35.6 Å². The van der Waals surface area contributed by atoms with Crippen molar-refractivity contribution < 1.29 is 17.6 Å². The SMILES string of the molecule is CCc1oc2ccccc2c1CN(C)C(=O)C1(S(C)(=O)=O)CCNCC1.Cl. The van der Waals surface area contributed by atoms with E-state index in [1.807, 2.05) is 31.2 Å². The van der Waals surface area contributed by atoms with Crippen LogP contribution in [0.4, 0.5) is 0 Å². The van der Waals surface area contributed by atoms with E-state index < -0.39 is 14.6 Å². The smallest absolute Gasteiger partial charge is 0.244 e. The van der Waals surface area contributed by atoms with E-state index in [0.717, 1.165) is 22.3 Å². The first-order valence-corrected chi connectivity index (χ1v) is 10.8. The van der Waals surface area contributed by atoms with E-state index in [2.05, 4.69) is 5.32 Å². The van der Waals surface area contributed by atoms with Crippen LogP contribution in [0.15, 0.2) is 28.7 Å². The van der Waals surface area contributed by atoms with Crippen LogP contribution in [0.3, 0.4) is 0 Å².